The Morgan fingerprint density at radius 3 is 2.50 bits per heavy atom. The lowest BCUT2D eigenvalue weighted by atomic mass is 10.1. The van der Waals surface area contributed by atoms with Crippen LogP contribution in [-0.4, -0.2) is 13.0 Å². The van der Waals surface area contributed by atoms with E-state index < -0.39 is 0 Å². The molecule has 0 aliphatic heterocycles. The van der Waals surface area contributed by atoms with E-state index in [1.165, 1.54) is 0 Å². The van der Waals surface area contributed by atoms with E-state index in [9.17, 15) is 4.79 Å². The van der Waals surface area contributed by atoms with E-state index in [1.54, 1.807) is 7.05 Å². The van der Waals surface area contributed by atoms with Crippen LogP contribution in [-0.2, 0) is 4.79 Å². The van der Waals surface area contributed by atoms with Crippen LogP contribution in [0.1, 0.15) is 20.3 Å². The molecule has 1 fully saturated rings. The Hall–Kier alpha value is -0.210. The Labute approximate surface area is 94.6 Å². The smallest absolute Gasteiger partial charge is 0.220 e. The SMILES string of the molecule is CNC(=O)C[C@@H]1[C@@H](C=C(Cl)Cl)C1(C)C. The van der Waals surface area contributed by atoms with Gasteiger partial charge in [0.05, 0.1) is 0 Å². The van der Waals surface area contributed by atoms with Gasteiger partial charge in [-0.1, -0.05) is 43.1 Å². The van der Waals surface area contributed by atoms with Gasteiger partial charge in [0, 0.05) is 13.5 Å². The van der Waals surface area contributed by atoms with Crippen LogP contribution in [0.3, 0.4) is 0 Å². The molecule has 1 aliphatic carbocycles. The second-order valence-corrected chi connectivity index (χ2v) is 5.30. The Bertz CT molecular complexity index is 269. The molecule has 0 aromatic heterocycles. The molecular weight excluding hydrogens is 221 g/mol. The molecule has 0 aromatic carbocycles. The van der Waals surface area contributed by atoms with Gasteiger partial charge in [-0.2, -0.15) is 0 Å². The third-order valence-corrected chi connectivity index (χ3v) is 3.38. The van der Waals surface area contributed by atoms with Gasteiger partial charge in [-0.25, -0.2) is 0 Å². The highest BCUT2D eigenvalue weighted by atomic mass is 35.5. The number of carbonyl (C=O) groups excluding carboxylic acids is 1. The standard InChI is InChI=1S/C10H15Cl2NO/c1-10(2)6(4-8(11)12)7(10)5-9(14)13-3/h4,6-7H,5H2,1-3H3,(H,13,14)/t6-,7-/m1/s1. The van der Waals surface area contributed by atoms with Crippen molar-refractivity contribution in [2.24, 2.45) is 17.3 Å². The minimum atomic E-state index is 0.0738. The number of hydrogen-bond donors (Lipinski definition) is 1. The van der Waals surface area contributed by atoms with Crippen molar-refractivity contribution < 1.29 is 4.79 Å². The van der Waals surface area contributed by atoms with Gasteiger partial charge >= 0.3 is 0 Å². The zero-order valence-corrected chi connectivity index (χ0v) is 10.1. The maximum Gasteiger partial charge on any atom is 0.220 e. The monoisotopic (exact) mass is 235 g/mol. The normalized spacial score (nSPS) is 28.1. The Morgan fingerprint density at radius 1 is 1.50 bits per heavy atom. The van der Waals surface area contributed by atoms with Gasteiger partial charge < -0.3 is 5.32 Å². The molecule has 0 bridgehead atoms. The van der Waals surface area contributed by atoms with Crippen molar-refractivity contribution in [3.05, 3.63) is 10.6 Å². The first kappa shape index (κ1) is 11.9. The van der Waals surface area contributed by atoms with Crippen LogP contribution < -0.4 is 5.32 Å². The summed E-state index contributed by atoms with van der Waals surface area (Å²) in [6.07, 6.45) is 2.38. The molecule has 0 saturated heterocycles. The topological polar surface area (TPSA) is 29.1 Å². The molecule has 0 spiro atoms. The van der Waals surface area contributed by atoms with E-state index in [4.69, 9.17) is 23.2 Å². The summed E-state index contributed by atoms with van der Waals surface area (Å²) < 4.78 is 0.294. The fourth-order valence-electron chi connectivity index (χ4n) is 1.94. The van der Waals surface area contributed by atoms with Gasteiger partial charge in [-0.15, -0.1) is 0 Å². The van der Waals surface area contributed by atoms with Gasteiger partial charge in [0.1, 0.15) is 4.49 Å². The Morgan fingerprint density at radius 2 is 2.07 bits per heavy atom. The van der Waals surface area contributed by atoms with Gasteiger partial charge in [0.2, 0.25) is 5.91 Å². The van der Waals surface area contributed by atoms with E-state index >= 15 is 0 Å². The third-order valence-electron chi connectivity index (χ3n) is 3.13. The molecule has 14 heavy (non-hydrogen) atoms. The summed E-state index contributed by atoms with van der Waals surface area (Å²) >= 11 is 11.2. The molecule has 1 aliphatic rings. The van der Waals surface area contributed by atoms with E-state index in [2.05, 4.69) is 19.2 Å². The van der Waals surface area contributed by atoms with Crippen molar-refractivity contribution >= 4 is 29.1 Å². The van der Waals surface area contributed by atoms with Crippen molar-refractivity contribution in [1.82, 2.24) is 5.32 Å². The first-order valence-electron chi connectivity index (χ1n) is 4.63. The number of allylic oxidation sites excluding steroid dienone is 1. The maximum absolute atomic E-state index is 11.2. The predicted octanol–water partition coefficient (Wildman–Crippen LogP) is 2.71. The van der Waals surface area contributed by atoms with Gasteiger partial charge in [0.15, 0.2) is 0 Å². The summed E-state index contributed by atoms with van der Waals surface area (Å²) in [5.74, 6) is 0.754. The van der Waals surface area contributed by atoms with Crippen molar-refractivity contribution in [2.45, 2.75) is 20.3 Å². The summed E-state index contributed by atoms with van der Waals surface area (Å²) in [5.41, 5.74) is 0.140. The molecule has 0 aromatic rings. The second kappa shape index (κ2) is 4.11. The zero-order valence-electron chi connectivity index (χ0n) is 8.60. The quantitative estimate of drug-likeness (QED) is 0.801. The number of hydrogen-bond acceptors (Lipinski definition) is 1. The first-order chi connectivity index (χ1) is 6.39. The fourth-order valence-corrected chi connectivity index (χ4v) is 2.22. The zero-order chi connectivity index (χ0) is 10.9. The lowest BCUT2D eigenvalue weighted by Crippen LogP contribution is -2.18. The predicted molar refractivity (Wildman–Crippen MR) is 59.2 cm³/mol. The third kappa shape index (κ3) is 2.43. The number of nitrogens with one attached hydrogen (secondary N) is 1. The highest BCUT2D eigenvalue weighted by Crippen LogP contribution is 2.61. The van der Waals surface area contributed by atoms with E-state index in [0.717, 1.165) is 0 Å². The summed E-state index contributed by atoms with van der Waals surface area (Å²) in [5, 5.41) is 2.62. The molecule has 1 saturated carbocycles. The van der Waals surface area contributed by atoms with Crippen molar-refractivity contribution in [3.8, 4) is 0 Å². The highest BCUT2D eigenvalue weighted by Gasteiger charge is 2.56. The number of carbonyl (C=O) groups is 1. The molecule has 2 atom stereocenters. The van der Waals surface area contributed by atoms with Crippen LogP contribution in [0.15, 0.2) is 10.6 Å². The summed E-state index contributed by atoms with van der Waals surface area (Å²) in [4.78, 5) is 11.2. The number of amides is 1. The van der Waals surface area contributed by atoms with Crippen molar-refractivity contribution in [3.63, 3.8) is 0 Å². The van der Waals surface area contributed by atoms with Crippen LogP contribution >= 0.6 is 23.2 Å². The summed E-state index contributed by atoms with van der Waals surface area (Å²) in [7, 11) is 1.65. The van der Waals surface area contributed by atoms with E-state index in [1.807, 2.05) is 6.08 Å². The molecule has 0 unspecified atom stereocenters. The van der Waals surface area contributed by atoms with Gasteiger partial charge in [0.25, 0.3) is 0 Å². The van der Waals surface area contributed by atoms with Crippen molar-refractivity contribution in [1.29, 1.82) is 0 Å². The second-order valence-electron chi connectivity index (χ2n) is 4.29. The first-order valence-corrected chi connectivity index (χ1v) is 5.38. The maximum atomic E-state index is 11.2. The summed E-state index contributed by atoms with van der Waals surface area (Å²) in [6.45, 7) is 4.25. The lowest BCUT2D eigenvalue weighted by Gasteiger charge is -2.00. The van der Waals surface area contributed by atoms with Crippen LogP contribution in [0, 0.1) is 17.3 Å². The molecule has 0 heterocycles. The van der Waals surface area contributed by atoms with Crippen molar-refractivity contribution in [2.75, 3.05) is 7.05 Å². The molecule has 1 rings (SSSR count). The average Bonchev–Trinajstić information content (AvgIpc) is 2.55. The van der Waals surface area contributed by atoms with Gasteiger partial charge in [-0.3, -0.25) is 4.79 Å². The molecular formula is C10H15Cl2NO. The van der Waals surface area contributed by atoms with E-state index in [0.29, 0.717) is 22.7 Å². The Kier molecular flexibility index (Phi) is 3.49. The lowest BCUT2D eigenvalue weighted by molar-refractivity contribution is -0.121. The van der Waals surface area contributed by atoms with Gasteiger partial charge in [-0.05, 0) is 17.3 Å². The molecule has 0 radical (unpaired) electrons. The minimum Gasteiger partial charge on any atom is -0.359 e. The number of rotatable bonds is 3. The molecule has 1 N–H and O–H groups in total. The Balaban J connectivity index is 2.58. The average molecular weight is 236 g/mol. The minimum absolute atomic E-state index is 0.0738. The van der Waals surface area contributed by atoms with Crippen LogP contribution in [0.5, 0.6) is 0 Å². The summed E-state index contributed by atoms with van der Waals surface area (Å²) in [6, 6.07) is 0. The highest BCUT2D eigenvalue weighted by molar-refractivity contribution is 6.55. The molecule has 80 valence electrons. The van der Waals surface area contributed by atoms with Crippen LogP contribution in [0.4, 0.5) is 0 Å². The number of halogens is 2. The van der Waals surface area contributed by atoms with Crippen LogP contribution in [0.2, 0.25) is 0 Å². The molecule has 4 heteroatoms. The molecule has 1 amide bonds. The molecule has 2 nitrogen and oxygen atoms in total. The largest absolute Gasteiger partial charge is 0.359 e. The van der Waals surface area contributed by atoms with Crippen LogP contribution in [0.25, 0.3) is 0 Å². The fraction of sp³-hybridized carbons (Fsp3) is 0.700. The van der Waals surface area contributed by atoms with E-state index in [-0.39, 0.29) is 11.3 Å².